The van der Waals surface area contributed by atoms with Crippen LogP contribution in [0.2, 0.25) is 0 Å². The first-order chi connectivity index (χ1) is 8.28. The molecule has 0 aromatic heterocycles. The molecule has 0 saturated heterocycles. The monoisotopic (exact) mass is 231 g/mol. The first-order valence-corrected chi connectivity index (χ1v) is 5.45. The van der Waals surface area contributed by atoms with Gasteiger partial charge in [-0.05, 0) is 25.0 Å². The number of nitrogens with one attached hydrogen (secondary N) is 2. The van der Waals surface area contributed by atoms with E-state index in [2.05, 4.69) is 10.6 Å². The highest BCUT2D eigenvalue weighted by Crippen LogP contribution is 2.20. The van der Waals surface area contributed by atoms with Crippen LogP contribution in [-0.4, -0.2) is 18.7 Å². The minimum atomic E-state index is -0.204. The fourth-order valence-electron chi connectivity index (χ4n) is 1.36. The maximum Gasteiger partial charge on any atom is 0.319 e. The van der Waals surface area contributed by atoms with Gasteiger partial charge < -0.3 is 15.4 Å². The van der Waals surface area contributed by atoms with Crippen LogP contribution in [0.5, 0.6) is 5.75 Å². The molecule has 0 aliphatic heterocycles. The van der Waals surface area contributed by atoms with E-state index in [0.717, 1.165) is 12.8 Å². The summed E-state index contributed by atoms with van der Waals surface area (Å²) in [5.41, 5.74) is 0.651. The minimum absolute atomic E-state index is 0.00226. The van der Waals surface area contributed by atoms with E-state index in [9.17, 15) is 4.79 Å². The first-order valence-electron chi connectivity index (χ1n) is 5.45. The van der Waals surface area contributed by atoms with Crippen LogP contribution in [0.25, 0.3) is 0 Å². The van der Waals surface area contributed by atoms with Crippen molar-refractivity contribution in [2.75, 3.05) is 11.9 Å². The van der Waals surface area contributed by atoms with Crippen LogP contribution < -0.4 is 15.4 Å². The molecule has 5 nitrogen and oxygen atoms in total. The summed E-state index contributed by atoms with van der Waals surface area (Å²) < 4.78 is 5.14. The standard InChI is InChI=1S/C12H13N3O2/c13-6-7-17-11-3-1-2-10(8-11)15-12(16)14-9-4-5-9/h1-3,8-9H,4-5,7H2,(H2,14,15,16). The molecule has 0 atom stereocenters. The summed E-state index contributed by atoms with van der Waals surface area (Å²) in [5, 5.41) is 13.9. The van der Waals surface area contributed by atoms with E-state index in [1.165, 1.54) is 0 Å². The van der Waals surface area contributed by atoms with Crippen molar-refractivity contribution in [2.24, 2.45) is 0 Å². The average Bonchev–Trinajstić information content (AvgIpc) is 3.10. The van der Waals surface area contributed by atoms with Crippen LogP contribution in [0.1, 0.15) is 12.8 Å². The zero-order valence-corrected chi connectivity index (χ0v) is 9.27. The van der Waals surface area contributed by atoms with Crippen molar-refractivity contribution in [3.05, 3.63) is 24.3 Å². The van der Waals surface area contributed by atoms with Crippen molar-refractivity contribution in [1.29, 1.82) is 5.26 Å². The van der Waals surface area contributed by atoms with Gasteiger partial charge in [-0.15, -0.1) is 0 Å². The molecule has 88 valence electrons. The number of carbonyl (C=O) groups is 1. The van der Waals surface area contributed by atoms with E-state index in [4.69, 9.17) is 10.00 Å². The van der Waals surface area contributed by atoms with Gasteiger partial charge in [0.15, 0.2) is 6.61 Å². The number of benzene rings is 1. The molecule has 2 N–H and O–H groups in total. The lowest BCUT2D eigenvalue weighted by molar-refractivity contribution is 0.251. The predicted octanol–water partition coefficient (Wildman–Crippen LogP) is 1.87. The molecule has 2 rings (SSSR count). The topological polar surface area (TPSA) is 74.1 Å². The summed E-state index contributed by atoms with van der Waals surface area (Å²) >= 11 is 0. The molecule has 5 heteroatoms. The molecule has 0 bridgehead atoms. The van der Waals surface area contributed by atoms with Crippen LogP contribution in [0.3, 0.4) is 0 Å². The highest BCUT2D eigenvalue weighted by atomic mass is 16.5. The molecule has 0 unspecified atom stereocenters. The Balaban J connectivity index is 1.90. The fraction of sp³-hybridized carbons (Fsp3) is 0.333. The summed E-state index contributed by atoms with van der Waals surface area (Å²) in [6.45, 7) is -0.00226. The van der Waals surface area contributed by atoms with E-state index in [1.807, 2.05) is 6.07 Å². The third-order valence-corrected chi connectivity index (χ3v) is 2.31. The number of nitrogens with zero attached hydrogens (tertiary/aromatic N) is 1. The second-order valence-corrected chi connectivity index (χ2v) is 3.85. The Bertz CT molecular complexity index is 449. The van der Waals surface area contributed by atoms with E-state index in [-0.39, 0.29) is 12.6 Å². The quantitative estimate of drug-likeness (QED) is 0.830. The molecule has 0 heterocycles. The van der Waals surface area contributed by atoms with Gasteiger partial charge in [-0.25, -0.2) is 4.79 Å². The van der Waals surface area contributed by atoms with Gasteiger partial charge in [0.1, 0.15) is 11.8 Å². The maximum absolute atomic E-state index is 11.5. The molecular formula is C12H13N3O2. The van der Waals surface area contributed by atoms with Gasteiger partial charge in [-0.3, -0.25) is 0 Å². The largest absolute Gasteiger partial charge is 0.479 e. The molecule has 1 aromatic rings. The number of ether oxygens (including phenoxy) is 1. The second-order valence-electron chi connectivity index (χ2n) is 3.85. The van der Waals surface area contributed by atoms with Gasteiger partial charge in [0, 0.05) is 17.8 Å². The van der Waals surface area contributed by atoms with E-state index < -0.39 is 0 Å². The SMILES string of the molecule is N#CCOc1cccc(NC(=O)NC2CC2)c1. The molecule has 1 fully saturated rings. The molecule has 2 amide bonds. The number of rotatable bonds is 4. The molecule has 1 aliphatic rings. The highest BCUT2D eigenvalue weighted by molar-refractivity contribution is 5.89. The Labute approximate surface area is 99.4 Å². The normalized spacial score (nSPS) is 13.6. The fourth-order valence-corrected chi connectivity index (χ4v) is 1.36. The molecule has 1 aliphatic carbocycles. The number of hydrogen-bond acceptors (Lipinski definition) is 3. The number of urea groups is 1. The van der Waals surface area contributed by atoms with Crippen molar-refractivity contribution in [3.63, 3.8) is 0 Å². The van der Waals surface area contributed by atoms with E-state index >= 15 is 0 Å². The summed E-state index contributed by atoms with van der Waals surface area (Å²) in [7, 11) is 0. The molecule has 0 radical (unpaired) electrons. The first kappa shape index (κ1) is 11.3. The molecule has 1 saturated carbocycles. The average molecular weight is 231 g/mol. The van der Waals surface area contributed by atoms with E-state index in [1.54, 1.807) is 24.3 Å². The Kier molecular flexibility index (Phi) is 3.46. The second kappa shape index (κ2) is 5.21. The third kappa shape index (κ3) is 3.68. The van der Waals surface area contributed by atoms with Crippen molar-refractivity contribution in [3.8, 4) is 11.8 Å². The number of carbonyl (C=O) groups excluding carboxylic acids is 1. The van der Waals surface area contributed by atoms with Crippen LogP contribution >= 0.6 is 0 Å². The Hall–Kier alpha value is -2.22. The van der Waals surface area contributed by atoms with Gasteiger partial charge >= 0.3 is 6.03 Å². The maximum atomic E-state index is 11.5. The van der Waals surface area contributed by atoms with Crippen molar-refractivity contribution < 1.29 is 9.53 Å². The number of nitriles is 1. The van der Waals surface area contributed by atoms with Gasteiger partial charge in [0.2, 0.25) is 0 Å². The number of hydrogen-bond donors (Lipinski definition) is 2. The summed E-state index contributed by atoms with van der Waals surface area (Å²) in [6, 6.07) is 8.97. The predicted molar refractivity (Wildman–Crippen MR) is 62.7 cm³/mol. The van der Waals surface area contributed by atoms with Crippen molar-refractivity contribution in [1.82, 2.24) is 5.32 Å². The van der Waals surface area contributed by atoms with Crippen LogP contribution in [0, 0.1) is 11.3 Å². The lowest BCUT2D eigenvalue weighted by atomic mass is 10.3. The lowest BCUT2D eigenvalue weighted by Crippen LogP contribution is -2.30. The third-order valence-electron chi connectivity index (χ3n) is 2.31. The molecule has 0 spiro atoms. The van der Waals surface area contributed by atoms with Crippen LogP contribution in [0.4, 0.5) is 10.5 Å². The Morgan fingerprint density at radius 1 is 1.53 bits per heavy atom. The minimum Gasteiger partial charge on any atom is -0.479 e. The highest BCUT2D eigenvalue weighted by Gasteiger charge is 2.23. The summed E-state index contributed by atoms with van der Waals surface area (Å²) in [6.07, 6.45) is 2.11. The van der Waals surface area contributed by atoms with Crippen molar-refractivity contribution in [2.45, 2.75) is 18.9 Å². The van der Waals surface area contributed by atoms with Gasteiger partial charge in [-0.1, -0.05) is 6.07 Å². The van der Waals surface area contributed by atoms with Crippen LogP contribution in [0.15, 0.2) is 24.3 Å². The molecule has 1 aromatic carbocycles. The smallest absolute Gasteiger partial charge is 0.319 e. The molecule has 17 heavy (non-hydrogen) atoms. The van der Waals surface area contributed by atoms with Gasteiger partial charge in [0.25, 0.3) is 0 Å². The Morgan fingerprint density at radius 3 is 3.06 bits per heavy atom. The van der Waals surface area contributed by atoms with E-state index in [0.29, 0.717) is 17.5 Å². The molecular weight excluding hydrogens is 218 g/mol. The van der Waals surface area contributed by atoms with Gasteiger partial charge in [0.05, 0.1) is 0 Å². The van der Waals surface area contributed by atoms with Crippen LogP contribution in [-0.2, 0) is 0 Å². The Morgan fingerprint density at radius 2 is 2.35 bits per heavy atom. The van der Waals surface area contributed by atoms with Crippen molar-refractivity contribution >= 4 is 11.7 Å². The number of amides is 2. The zero-order chi connectivity index (χ0) is 12.1. The summed E-state index contributed by atoms with van der Waals surface area (Å²) in [5.74, 6) is 0.566. The summed E-state index contributed by atoms with van der Waals surface area (Å²) in [4.78, 5) is 11.5. The zero-order valence-electron chi connectivity index (χ0n) is 9.27. The van der Waals surface area contributed by atoms with Gasteiger partial charge in [-0.2, -0.15) is 5.26 Å². The lowest BCUT2D eigenvalue weighted by Gasteiger charge is -2.08. The number of anilines is 1.